The smallest absolute Gasteiger partial charge is 0.317 e. The Bertz CT molecular complexity index is 789. The Kier molecular flexibility index (Phi) is 4.36. The molecule has 124 valence electrons. The fourth-order valence-electron chi connectivity index (χ4n) is 2.78. The number of piperazine rings is 1. The molecule has 1 fully saturated rings. The van der Waals surface area contributed by atoms with E-state index >= 15 is 0 Å². The number of nitrogens with one attached hydrogen (secondary N) is 1. The van der Waals surface area contributed by atoms with Gasteiger partial charge in [0.15, 0.2) is 5.13 Å². The van der Waals surface area contributed by atoms with Gasteiger partial charge in [-0.3, -0.25) is 0 Å². The van der Waals surface area contributed by atoms with Crippen molar-refractivity contribution in [1.82, 2.24) is 15.2 Å². The number of amides is 2. The second-order valence-electron chi connectivity index (χ2n) is 5.68. The average Bonchev–Trinajstić information content (AvgIpc) is 3.29. The molecule has 2 amide bonds. The second-order valence-corrected chi connectivity index (χ2v) is 7.72. The zero-order valence-electron chi connectivity index (χ0n) is 13.1. The summed E-state index contributed by atoms with van der Waals surface area (Å²) >= 11 is 3.38. The third-order valence-corrected chi connectivity index (χ3v) is 6.09. The number of para-hydroxylation sites is 1. The lowest BCUT2D eigenvalue weighted by Gasteiger charge is -2.34. The fraction of sp³-hybridized carbons (Fsp3) is 0.294. The van der Waals surface area contributed by atoms with Gasteiger partial charge in [-0.05, 0) is 23.6 Å². The Hall–Kier alpha value is -2.12. The molecule has 2 aromatic heterocycles. The van der Waals surface area contributed by atoms with Gasteiger partial charge in [-0.1, -0.05) is 29.5 Å². The van der Waals surface area contributed by atoms with Crippen molar-refractivity contribution in [1.29, 1.82) is 0 Å². The lowest BCUT2D eigenvalue weighted by atomic mass is 10.3. The Morgan fingerprint density at radius 1 is 1.12 bits per heavy atom. The highest BCUT2D eigenvalue weighted by molar-refractivity contribution is 7.22. The van der Waals surface area contributed by atoms with Gasteiger partial charge in [0.05, 0.1) is 16.8 Å². The average molecular weight is 358 g/mol. The van der Waals surface area contributed by atoms with E-state index < -0.39 is 0 Å². The Labute approximate surface area is 148 Å². The zero-order chi connectivity index (χ0) is 16.4. The molecule has 3 heterocycles. The molecule has 5 nitrogen and oxygen atoms in total. The number of rotatable bonds is 3. The SMILES string of the molecule is O=C(NCc1cccs1)N1CCN(c2nc3ccccc3s2)CC1. The lowest BCUT2D eigenvalue weighted by molar-refractivity contribution is 0.194. The number of nitrogens with zero attached hydrogens (tertiary/aromatic N) is 3. The topological polar surface area (TPSA) is 48.5 Å². The molecule has 3 aromatic rings. The van der Waals surface area contributed by atoms with E-state index in [0.29, 0.717) is 6.54 Å². The molecule has 0 aliphatic carbocycles. The van der Waals surface area contributed by atoms with Crippen molar-refractivity contribution in [3.05, 3.63) is 46.7 Å². The van der Waals surface area contributed by atoms with Crippen LogP contribution in [-0.2, 0) is 6.54 Å². The van der Waals surface area contributed by atoms with E-state index in [1.54, 1.807) is 22.7 Å². The van der Waals surface area contributed by atoms with Gasteiger partial charge in [-0.25, -0.2) is 9.78 Å². The fourth-order valence-corrected chi connectivity index (χ4v) is 4.45. The van der Waals surface area contributed by atoms with Crippen LogP contribution in [-0.4, -0.2) is 42.1 Å². The molecule has 24 heavy (non-hydrogen) atoms. The van der Waals surface area contributed by atoms with Gasteiger partial charge in [-0.15, -0.1) is 11.3 Å². The molecular weight excluding hydrogens is 340 g/mol. The summed E-state index contributed by atoms with van der Waals surface area (Å²) in [6, 6.07) is 12.3. The molecule has 7 heteroatoms. The van der Waals surface area contributed by atoms with Gasteiger partial charge in [0.2, 0.25) is 0 Å². The van der Waals surface area contributed by atoms with Crippen LogP contribution in [0.4, 0.5) is 9.93 Å². The molecule has 1 aromatic carbocycles. The van der Waals surface area contributed by atoms with Gasteiger partial charge in [0.1, 0.15) is 0 Å². The number of urea groups is 1. The van der Waals surface area contributed by atoms with E-state index in [2.05, 4.69) is 16.3 Å². The number of anilines is 1. The first kappa shape index (κ1) is 15.4. The number of hydrogen-bond acceptors (Lipinski definition) is 5. The van der Waals surface area contributed by atoms with Crippen LogP contribution in [0.5, 0.6) is 0 Å². The summed E-state index contributed by atoms with van der Waals surface area (Å²) in [6.45, 7) is 3.71. The first-order chi connectivity index (χ1) is 11.8. The minimum atomic E-state index is 0.0207. The van der Waals surface area contributed by atoms with Crippen LogP contribution < -0.4 is 10.2 Å². The number of carbonyl (C=O) groups excluding carboxylic acids is 1. The Morgan fingerprint density at radius 2 is 1.96 bits per heavy atom. The number of aromatic nitrogens is 1. The third-order valence-electron chi connectivity index (χ3n) is 4.11. The Balaban J connectivity index is 1.33. The molecule has 0 unspecified atom stereocenters. The number of fused-ring (bicyclic) bond motifs is 1. The van der Waals surface area contributed by atoms with Crippen molar-refractivity contribution in [2.45, 2.75) is 6.54 Å². The maximum atomic E-state index is 12.3. The number of benzene rings is 1. The van der Waals surface area contributed by atoms with Crippen molar-refractivity contribution < 1.29 is 4.79 Å². The van der Waals surface area contributed by atoms with Crippen LogP contribution >= 0.6 is 22.7 Å². The van der Waals surface area contributed by atoms with Gasteiger partial charge in [-0.2, -0.15) is 0 Å². The molecule has 1 aliphatic heterocycles. The van der Waals surface area contributed by atoms with Gasteiger partial charge in [0, 0.05) is 31.1 Å². The monoisotopic (exact) mass is 358 g/mol. The van der Waals surface area contributed by atoms with Crippen molar-refractivity contribution in [3.63, 3.8) is 0 Å². The second kappa shape index (κ2) is 6.78. The summed E-state index contributed by atoms with van der Waals surface area (Å²) in [5.41, 5.74) is 1.05. The van der Waals surface area contributed by atoms with Crippen LogP contribution in [0.3, 0.4) is 0 Å². The number of carbonyl (C=O) groups is 1. The number of hydrogen-bond donors (Lipinski definition) is 1. The minimum Gasteiger partial charge on any atom is -0.345 e. The molecule has 0 radical (unpaired) electrons. The summed E-state index contributed by atoms with van der Waals surface area (Å²) < 4.78 is 1.21. The molecular formula is C17H18N4OS2. The highest BCUT2D eigenvalue weighted by Crippen LogP contribution is 2.29. The van der Waals surface area contributed by atoms with Gasteiger partial charge in [0.25, 0.3) is 0 Å². The maximum Gasteiger partial charge on any atom is 0.317 e. The quantitative estimate of drug-likeness (QED) is 0.781. The summed E-state index contributed by atoms with van der Waals surface area (Å²) in [4.78, 5) is 22.3. The molecule has 4 rings (SSSR count). The van der Waals surface area contributed by atoms with Crippen LogP contribution in [0, 0.1) is 0 Å². The highest BCUT2D eigenvalue weighted by Gasteiger charge is 2.22. The van der Waals surface area contributed by atoms with E-state index in [1.807, 2.05) is 40.6 Å². The van der Waals surface area contributed by atoms with Crippen LogP contribution in [0.1, 0.15) is 4.88 Å². The number of thiazole rings is 1. The number of thiophene rings is 1. The van der Waals surface area contributed by atoms with E-state index in [9.17, 15) is 4.79 Å². The van der Waals surface area contributed by atoms with Crippen LogP contribution in [0.15, 0.2) is 41.8 Å². The van der Waals surface area contributed by atoms with Gasteiger partial charge < -0.3 is 15.1 Å². The largest absolute Gasteiger partial charge is 0.345 e. The third kappa shape index (κ3) is 3.22. The predicted octanol–water partition coefficient (Wildman–Crippen LogP) is 3.39. The molecule has 0 bridgehead atoms. The summed E-state index contributed by atoms with van der Waals surface area (Å²) in [5.74, 6) is 0. The maximum absolute atomic E-state index is 12.3. The first-order valence-corrected chi connectivity index (χ1v) is 9.65. The van der Waals surface area contributed by atoms with E-state index in [1.165, 1.54) is 9.58 Å². The van der Waals surface area contributed by atoms with E-state index in [4.69, 9.17) is 4.98 Å². The van der Waals surface area contributed by atoms with Crippen molar-refractivity contribution in [3.8, 4) is 0 Å². The van der Waals surface area contributed by atoms with Crippen LogP contribution in [0.2, 0.25) is 0 Å². The highest BCUT2D eigenvalue weighted by atomic mass is 32.1. The van der Waals surface area contributed by atoms with Crippen LogP contribution in [0.25, 0.3) is 10.2 Å². The first-order valence-electron chi connectivity index (χ1n) is 7.95. The summed E-state index contributed by atoms with van der Waals surface area (Å²) in [6.07, 6.45) is 0. The van der Waals surface area contributed by atoms with Crippen molar-refractivity contribution in [2.75, 3.05) is 31.1 Å². The molecule has 1 saturated heterocycles. The molecule has 1 aliphatic rings. The molecule has 0 saturated carbocycles. The zero-order valence-corrected chi connectivity index (χ0v) is 14.8. The predicted molar refractivity (Wildman–Crippen MR) is 100.0 cm³/mol. The Morgan fingerprint density at radius 3 is 2.71 bits per heavy atom. The minimum absolute atomic E-state index is 0.0207. The summed E-state index contributed by atoms with van der Waals surface area (Å²) in [5, 5.41) is 6.07. The summed E-state index contributed by atoms with van der Waals surface area (Å²) in [7, 11) is 0. The standard InChI is InChI=1S/C17H18N4OS2/c22-16(18-12-13-4-3-11-23-13)20-7-9-21(10-8-20)17-19-14-5-1-2-6-15(14)24-17/h1-6,11H,7-10,12H2,(H,18,22). The van der Waals surface area contributed by atoms with Gasteiger partial charge >= 0.3 is 6.03 Å². The molecule has 0 spiro atoms. The van der Waals surface area contributed by atoms with E-state index in [0.717, 1.165) is 36.8 Å². The normalized spacial score (nSPS) is 15.0. The lowest BCUT2D eigenvalue weighted by Crippen LogP contribution is -2.51. The van der Waals surface area contributed by atoms with Crippen molar-refractivity contribution in [2.24, 2.45) is 0 Å². The molecule has 1 N–H and O–H groups in total. The van der Waals surface area contributed by atoms with Crippen molar-refractivity contribution >= 4 is 44.1 Å². The van der Waals surface area contributed by atoms with E-state index in [-0.39, 0.29) is 6.03 Å². The molecule has 0 atom stereocenters.